The second-order valence-corrected chi connectivity index (χ2v) is 6.59. The quantitative estimate of drug-likeness (QED) is 0.618. The lowest BCUT2D eigenvalue weighted by Crippen LogP contribution is -2.12. The zero-order chi connectivity index (χ0) is 19.4. The number of amides is 1. The van der Waals surface area contributed by atoms with Crippen LogP contribution in [0.1, 0.15) is 59.5 Å². The van der Waals surface area contributed by atoms with Crippen LogP contribution in [0.3, 0.4) is 0 Å². The van der Waals surface area contributed by atoms with Crippen molar-refractivity contribution in [3.63, 3.8) is 0 Å². The lowest BCUT2D eigenvalue weighted by atomic mass is 9.99. The molecule has 0 aliphatic rings. The van der Waals surface area contributed by atoms with Crippen LogP contribution >= 0.6 is 0 Å². The Morgan fingerprint density at radius 3 is 2.56 bits per heavy atom. The molecule has 0 aliphatic carbocycles. The second-order valence-electron chi connectivity index (χ2n) is 6.59. The third-order valence-electron chi connectivity index (χ3n) is 4.60. The number of ether oxygens (including phenoxy) is 1. The van der Waals surface area contributed by atoms with E-state index in [1.807, 2.05) is 12.1 Å². The van der Waals surface area contributed by atoms with Crippen LogP contribution in [-0.2, 0) is 6.61 Å². The maximum Gasteiger partial charge on any atom is 0.291 e. The number of hydrogen-bond acceptors (Lipinski definition) is 5. The summed E-state index contributed by atoms with van der Waals surface area (Å²) in [5.74, 6) is 2.28. The molecule has 1 atom stereocenters. The van der Waals surface area contributed by atoms with E-state index in [1.54, 1.807) is 26.0 Å². The van der Waals surface area contributed by atoms with E-state index in [4.69, 9.17) is 13.7 Å². The number of benzene rings is 1. The number of furan rings is 1. The van der Waals surface area contributed by atoms with Gasteiger partial charge in [0.25, 0.3) is 5.91 Å². The van der Waals surface area contributed by atoms with Gasteiger partial charge in [0.15, 0.2) is 11.5 Å². The van der Waals surface area contributed by atoms with Crippen molar-refractivity contribution >= 4 is 11.6 Å². The Labute approximate surface area is 158 Å². The number of aryl methyl sites for hydroxylation is 2. The van der Waals surface area contributed by atoms with Gasteiger partial charge in [-0.25, -0.2) is 0 Å². The first-order chi connectivity index (χ1) is 13.0. The van der Waals surface area contributed by atoms with E-state index in [0.29, 0.717) is 28.8 Å². The summed E-state index contributed by atoms with van der Waals surface area (Å²) >= 11 is 0. The van der Waals surface area contributed by atoms with Gasteiger partial charge in [-0.3, -0.25) is 4.79 Å². The summed E-state index contributed by atoms with van der Waals surface area (Å²) in [6, 6.07) is 11.4. The lowest BCUT2D eigenvalue weighted by Gasteiger charge is -2.10. The molecule has 1 N–H and O–H groups in total. The number of rotatable bonds is 7. The fourth-order valence-electron chi connectivity index (χ4n) is 2.70. The van der Waals surface area contributed by atoms with Gasteiger partial charge < -0.3 is 19.0 Å². The Hall–Kier alpha value is -3.02. The van der Waals surface area contributed by atoms with Crippen molar-refractivity contribution in [3.05, 3.63) is 64.9 Å². The first-order valence-electron chi connectivity index (χ1n) is 9.03. The average Bonchev–Trinajstić information content (AvgIpc) is 3.28. The van der Waals surface area contributed by atoms with Crippen LogP contribution in [0.15, 0.2) is 45.3 Å². The molecule has 27 heavy (non-hydrogen) atoms. The van der Waals surface area contributed by atoms with Crippen molar-refractivity contribution in [2.45, 2.75) is 46.6 Å². The first-order valence-corrected chi connectivity index (χ1v) is 9.03. The molecule has 2 aromatic heterocycles. The fourth-order valence-corrected chi connectivity index (χ4v) is 2.70. The minimum atomic E-state index is -0.353. The number of carbonyl (C=O) groups is 1. The fraction of sp³-hybridized carbons (Fsp3) is 0.333. The third-order valence-corrected chi connectivity index (χ3v) is 4.60. The third kappa shape index (κ3) is 4.39. The Kier molecular flexibility index (Phi) is 5.64. The molecule has 3 rings (SSSR count). The summed E-state index contributed by atoms with van der Waals surface area (Å²) in [6.45, 7) is 8.13. The zero-order valence-corrected chi connectivity index (χ0v) is 16.0. The standard InChI is InChI=1S/C21H24N2O4/c1-5-13(2)16-6-8-17(9-7-16)25-12-18-10-11-19(26-18)21(24)22-20-14(3)23-27-15(20)4/h6-11,13H,5,12H2,1-4H3,(H,22,24). The topological polar surface area (TPSA) is 77.5 Å². The molecule has 3 aromatic rings. The van der Waals surface area contributed by atoms with E-state index in [0.717, 1.165) is 12.2 Å². The Morgan fingerprint density at radius 1 is 1.19 bits per heavy atom. The highest BCUT2D eigenvalue weighted by molar-refractivity contribution is 6.02. The first kappa shape index (κ1) is 18.8. The molecule has 0 radical (unpaired) electrons. The van der Waals surface area contributed by atoms with E-state index in [9.17, 15) is 4.79 Å². The summed E-state index contributed by atoms with van der Waals surface area (Å²) in [5.41, 5.74) is 2.48. The maximum atomic E-state index is 12.3. The smallest absolute Gasteiger partial charge is 0.291 e. The molecule has 0 saturated heterocycles. The summed E-state index contributed by atoms with van der Waals surface area (Å²) in [7, 11) is 0. The van der Waals surface area contributed by atoms with E-state index >= 15 is 0 Å². The monoisotopic (exact) mass is 368 g/mol. The van der Waals surface area contributed by atoms with Gasteiger partial charge >= 0.3 is 0 Å². The molecule has 0 saturated carbocycles. The Bertz CT molecular complexity index is 889. The van der Waals surface area contributed by atoms with Gasteiger partial charge in [0.2, 0.25) is 0 Å². The molecule has 1 aromatic carbocycles. The van der Waals surface area contributed by atoms with Gasteiger partial charge in [0.1, 0.15) is 29.5 Å². The number of aromatic nitrogens is 1. The van der Waals surface area contributed by atoms with Crippen molar-refractivity contribution < 1.29 is 18.5 Å². The molecular formula is C21H24N2O4. The number of nitrogens with zero attached hydrogens (tertiary/aromatic N) is 1. The predicted molar refractivity (Wildman–Crippen MR) is 102 cm³/mol. The van der Waals surface area contributed by atoms with Crippen LogP contribution in [0.25, 0.3) is 0 Å². The molecule has 6 nitrogen and oxygen atoms in total. The van der Waals surface area contributed by atoms with Crippen molar-refractivity contribution in [1.29, 1.82) is 0 Å². The maximum absolute atomic E-state index is 12.3. The molecule has 6 heteroatoms. The van der Waals surface area contributed by atoms with E-state index in [-0.39, 0.29) is 18.3 Å². The SMILES string of the molecule is CCC(C)c1ccc(OCc2ccc(C(=O)Nc3c(C)noc3C)o2)cc1. The molecular weight excluding hydrogens is 344 g/mol. The molecule has 0 spiro atoms. The average molecular weight is 368 g/mol. The molecule has 0 aliphatic heterocycles. The predicted octanol–water partition coefficient (Wildman–Crippen LogP) is 5.23. The highest BCUT2D eigenvalue weighted by atomic mass is 16.5. The van der Waals surface area contributed by atoms with Gasteiger partial charge in [0, 0.05) is 0 Å². The molecule has 2 heterocycles. The van der Waals surface area contributed by atoms with Gasteiger partial charge in [-0.1, -0.05) is 31.1 Å². The van der Waals surface area contributed by atoms with Crippen molar-refractivity contribution in [1.82, 2.24) is 5.16 Å². The number of nitrogens with one attached hydrogen (secondary N) is 1. The molecule has 0 bridgehead atoms. The Morgan fingerprint density at radius 2 is 1.93 bits per heavy atom. The van der Waals surface area contributed by atoms with Crippen LogP contribution in [0, 0.1) is 13.8 Å². The van der Waals surface area contributed by atoms with Gasteiger partial charge in [-0.15, -0.1) is 0 Å². The molecule has 1 amide bonds. The summed E-state index contributed by atoms with van der Waals surface area (Å²) in [5, 5.41) is 6.57. The lowest BCUT2D eigenvalue weighted by molar-refractivity contribution is 0.0992. The highest BCUT2D eigenvalue weighted by Crippen LogP contribution is 2.23. The summed E-state index contributed by atoms with van der Waals surface area (Å²) in [6.07, 6.45) is 1.10. The molecule has 0 fully saturated rings. The van der Waals surface area contributed by atoms with E-state index < -0.39 is 0 Å². The summed E-state index contributed by atoms with van der Waals surface area (Å²) in [4.78, 5) is 12.3. The molecule has 1 unspecified atom stereocenters. The zero-order valence-electron chi connectivity index (χ0n) is 16.0. The highest BCUT2D eigenvalue weighted by Gasteiger charge is 2.16. The van der Waals surface area contributed by atoms with Crippen molar-refractivity contribution in [3.8, 4) is 5.75 Å². The Balaban J connectivity index is 1.58. The number of carbonyl (C=O) groups excluding carboxylic acids is 1. The van der Waals surface area contributed by atoms with Crippen LogP contribution in [0.5, 0.6) is 5.75 Å². The van der Waals surface area contributed by atoms with E-state index in [1.165, 1.54) is 5.56 Å². The van der Waals surface area contributed by atoms with Crippen molar-refractivity contribution in [2.75, 3.05) is 5.32 Å². The number of anilines is 1. The van der Waals surface area contributed by atoms with Crippen LogP contribution < -0.4 is 10.1 Å². The minimum Gasteiger partial charge on any atom is -0.486 e. The van der Waals surface area contributed by atoms with Crippen LogP contribution in [-0.4, -0.2) is 11.1 Å². The van der Waals surface area contributed by atoms with Crippen LogP contribution in [0.2, 0.25) is 0 Å². The normalized spacial score (nSPS) is 12.0. The van der Waals surface area contributed by atoms with Crippen LogP contribution in [0.4, 0.5) is 5.69 Å². The summed E-state index contributed by atoms with van der Waals surface area (Å²) < 4.78 is 16.4. The number of hydrogen-bond donors (Lipinski definition) is 1. The van der Waals surface area contributed by atoms with Gasteiger partial charge in [-0.05, 0) is 56.0 Å². The van der Waals surface area contributed by atoms with Gasteiger partial charge in [-0.2, -0.15) is 0 Å². The van der Waals surface area contributed by atoms with Gasteiger partial charge in [0.05, 0.1) is 0 Å². The molecule has 142 valence electrons. The minimum absolute atomic E-state index is 0.209. The second kappa shape index (κ2) is 8.12. The largest absolute Gasteiger partial charge is 0.486 e. The van der Waals surface area contributed by atoms with E-state index in [2.05, 4.69) is 36.5 Å². The van der Waals surface area contributed by atoms with Crippen molar-refractivity contribution in [2.24, 2.45) is 0 Å².